The predicted octanol–water partition coefficient (Wildman–Crippen LogP) is 2.21. The van der Waals surface area contributed by atoms with Crippen LogP contribution in [0.2, 0.25) is 10.0 Å². The molecule has 1 N–H and O–H groups in total. The molecule has 0 bridgehead atoms. The first-order valence-corrected chi connectivity index (χ1v) is 4.58. The number of carbonyl (C=O) groups is 1. The maximum atomic E-state index is 11.3. The van der Waals surface area contributed by atoms with E-state index in [0.29, 0.717) is 5.75 Å². The smallest absolute Gasteiger partial charge is 0.264 e. The molecule has 0 fully saturated rings. The van der Waals surface area contributed by atoms with Crippen molar-refractivity contribution in [3.8, 4) is 11.9 Å². The highest BCUT2D eigenvalue weighted by Gasteiger charge is 2.12. The van der Waals surface area contributed by atoms with Crippen molar-refractivity contribution < 1.29 is 9.53 Å². The first kappa shape index (κ1) is 11.6. The number of nitriles is 1. The summed E-state index contributed by atoms with van der Waals surface area (Å²) in [4.78, 5) is 11.3. The number of benzene rings is 1. The normalized spacial score (nSPS) is 9.20. The monoisotopic (exact) mass is 244 g/mol. The predicted molar refractivity (Wildman–Crippen MR) is 56.1 cm³/mol. The molecule has 15 heavy (non-hydrogen) atoms. The summed E-state index contributed by atoms with van der Waals surface area (Å²) in [5.74, 6) is -0.268. The lowest BCUT2D eigenvalue weighted by atomic mass is 10.2. The third kappa shape index (κ3) is 2.52. The third-order valence-electron chi connectivity index (χ3n) is 1.63. The molecule has 0 aromatic heterocycles. The fraction of sp³-hybridized carbons (Fsp3) is 0.111. The molecule has 0 unspecified atom stereocenters. The van der Waals surface area contributed by atoms with Gasteiger partial charge in [0.1, 0.15) is 0 Å². The lowest BCUT2D eigenvalue weighted by Crippen LogP contribution is -2.17. The molecule has 0 aliphatic heterocycles. The van der Waals surface area contributed by atoms with E-state index >= 15 is 0 Å². The summed E-state index contributed by atoms with van der Waals surface area (Å²) in [6.07, 6.45) is 1.52. The van der Waals surface area contributed by atoms with E-state index in [2.05, 4.69) is 0 Å². The Morgan fingerprint density at radius 3 is 2.40 bits per heavy atom. The minimum atomic E-state index is -0.566. The highest BCUT2D eigenvalue weighted by Crippen LogP contribution is 2.33. The Morgan fingerprint density at radius 2 is 2.00 bits per heavy atom. The number of methoxy groups -OCH3 is 1. The van der Waals surface area contributed by atoms with Crippen LogP contribution in [0.3, 0.4) is 0 Å². The summed E-state index contributed by atoms with van der Waals surface area (Å²) >= 11 is 11.6. The number of nitrogens with one attached hydrogen (secondary N) is 1. The van der Waals surface area contributed by atoms with Gasteiger partial charge in [0, 0.05) is 5.56 Å². The van der Waals surface area contributed by atoms with Gasteiger partial charge in [-0.05, 0) is 12.1 Å². The number of halogens is 2. The molecule has 0 saturated carbocycles. The largest absolute Gasteiger partial charge is 0.494 e. The zero-order chi connectivity index (χ0) is 11.4. The zero-order valence-corrected chi connectivity index (χ0v) is 9.19. The summed E-state index contributed by atoms with van der Waals surface area (Å²) < 4.78 is 4.91. The van der Waals surface area contributed by atoms with Gasteiger partial charge >= 0.3 is 0 Å². The van der Waals surface area contributed by atoms with Gasteiger partial charge in [-0.3, -0.25) is 10.1 Å². The lowest BCUT2D eigenvalue weighted by molar-refractivity contribution is 0.0973. The SMILES string of the molecule is COc1c(Cl)cc(C(=O)NC#N)cc1Cl. The standard InChI is InChI=1S/C9H6Cl2N2O2/c1-15-8-6(10)2-5(3-7(8)11)9(14)13-4-12/h2-3H,1H3,(H,13,14). The summed E-state index contributed by atoms with van der Waals surface area (Å²) in [6, 6.07) is 2.75. The van der Waals surface area contributed by atoms with E-state index in [-0.39, 0.29) is 15.6 Å². The Balaban J connectivity index is 3.15. The van der Waals surface area contributed by atoms with Crippen LogP contribution in [-0.4, -0.2) is 13.0 Å². The molecule has 1 amide bonds. The Bertz CT molecular complexity index is 417. The van der Waals surface area contributed by atoms with Gasteiger partial charge in [-0.25, -0.2) is 0 Å². The minimum absolute atomic E-state index is 0.201. The maximum Gasteiger partial charge on any atom is 0.264 e. The first-order valence-electron chi connectivity index (χ1n) is 3.82. The van der Waals surface area contributed by atoms with Crippen LogP contribution >= 0.6 is 23.2 Å². The van der Waals surface area contributed by atoms with Crippen LogP contribution in [0.5, 0.6) is 5.75 Å². The number of ether oxygens (including phenoxy) is 1. The molecule has 1 aromatic rings. The van der Waals surface area contributed by atoms with Gasteiger partial charge in [-0.1, -0.05) is 23.2 Å². The van der Waals surface area contributed by atoms with Crippen LogP contribution in [0.1, 0.15) is 10.4 Å². The Hall–Kier alpha value is -1.44. The van der Waals surface area contributed by atoms with Crippen molar-refractivity contribution in [2.24, 2.45) is 0 Å². The molecular weight excluding hydrogens is 239 g/mol. The summed E-state index contributed by atoms with van der Waals surface area (Å²) in [5, 5.41) is 10.7. The molecule has 0 aliphatic rings. The maximum absolute atomic E-state index is 11.3. The number of nitrogens with zero attached hydrogens (tertiary/aromatic N) is 1. The van der Waals surface area contributed by atoms with Gasteiger partial charge in [0.05, 0.1) is 17.2 Å². The number of hydrogen-bond donors (Lipinski definition) is 1. The highest BCUT2D eigenvalue weighted by atomic mass is 35.5. The van der Waals surface area contributed by atoms with E-state index in [1.54, 1.807) is 0 Å². The number of hydrogen-bond acceptors (Lipinski definition) is 3. The quantitative estimate of drug-likeness (QED) is 0.641. The average Bonchev–Trinajstić information content (AvgIpc) is 2.17. The Kier molecular flexibility index (Phi) is 3.78. The molecule has 78 valence electrons. The fourth-order valence-corrected chi connectivity index (χ4v) is 1.65. The van der Waals surface area contributed by atoms with Gasteiger partial charge in [-0.15, -0.1) is 0 Å². The van der Waals surface area contributed by atoms with Crippen molar-refractivity contribution in [3.63, 3.8) is 0 Å². The molecule has 6 heteroatoms. The number of carbonyl (C=O) groups excluding carboxylic acids is 1. The first-order chi connectivity index (χ1) is 7.10. The molecular formula is C9H6Cl2N2O2. The molecule has 0 radical (unpaired) electrons. The second-order valence-corrected chi connectivity index (χ2v) is 3.35. The van der Waals surface area contributed by atoms with Crippen LogP contribution in [0, 0.1) is 11.5 Å². The highest BCUT2D eigenvalue weighted by molar-refractivity contribution is 6.37. The molecule has 4 nitrogen and oxygen atoms in total. The molecule has 0 aliphatic carbocycles. The van der Waals surface area contributed by atoms with Gasteiger partial charge in [0.25, 0.3) is 5.91 Å². The van der Waals surface area contributed by atoms with Gasteiger partial charge in [-0.2, -0.15) is 5.26 Å². The number of rotatable bonds is 2. The minimum Gasteiger partial charge on any atom is -0.494 e. The van der Waals surface area contributed by atoms with Crippen molar-refractivity contribution in [3.05, 3.63) is 27.7 Å². The van der Waals surface area contributed by atoms with Crippen molar-refractivity contribution in [2.75, 3.05) is 7.11 Å². The summed E-state index contributed by atoms with van der Waals surface area (Å²) in [7, 11) is 1.42. The topological polar surface area (TPSA) is 62.1 Å². The van der Waals surface area contributed by atoms with E-state index in [1.807, 2.05) is 5.32 Å². The van der Waals surface area contributed by atoms with Crippen molar-refractivity contribution in [1.29, 1.82) is 5.26 Å². The lowest BCUT2D eigenvalue weighted by Gasteiger charge is -2.07. The van der Waals surface area contributed by atoms with Crippen LogP contribution in [0.15, 0.2) is 12.1 Å². The number of amides is 1. The van der Waals surface area contributed by atoms with Gasteiger partial charge in [0.2, 0.25) is 0 Å². The van der Waals surface area contributed by atoms with E-state index in [1.165, 1.54) is 25.4 Å². The summed E-state index contributed by atoms with van der Waals surface area (Å²) in [6.45, 7) is 0. The molecule has 0 spiro atoms. The molecule has 1 aromatic carbocycles. The molecule has 0 heterocycles. The zero-order valence-electron chi connectivity index (χ0n) is 7.67. The van der Waals surface area contributed by atoms with Gasteiger partial charge < -0.3 is 4.74 Å². The Morgan fingerprint density at radius 1 is 1.47 bits per heavy atom. The van der Waals surface area contributed by atoms with Gasteiger partial charge in [0.15, 0.2) is 11.9 Å². The van der Waals surface area contributed by atoms with Crippen molar-refractivity contribution in [1.82, 2.24) is 5.32 Å². The van der Waals surface area contributed by atoms with Crippen LogP contribution in [0.25, 0.3) is 0 Å². The molecule has 1 rings (SSSR count). The van der Waals surface area contributed by atoms with Crippen LogP contribution in [0.4, 0.5) is 0 Å². The fourth-order valence-electron chi connectivity index (χ4n) is 1.01. The Labute approximate surface area is 96.4 Å². The average molecular weight is 245 g/mol. The van der Waals surface area contributed by atoms with E-state index in [4.69, 9.17) is 33.2 Å². The summed E-state index contributed by atoms with van der Waals surface area (Å²) in [5.41, 5.74) is 0.201. The van der Waals surface area contributed by atoms with Crippen molar-refractivity contribution >= 4 is 29.1 Å². The van der Waals surface area contributed by atoms with E-state index in [0.717, 1.165) is 0 Å². The third-order valence-corrected chi connectivity index (χ3v) is 2.20. The van der Waals surface area contributed by atoms with E-state index in [9.17, 15) is 4.79 Å². The van der Waals surface area contributed by atoms with Crippen LogP contribution < -0.4 is 10.1 Å². The molecule has 0 saturated heterocycles. The van der Waals surface area contributed by atoms with Crippen LogP contribution in [-0.2, 0) is 0 Å². The second-order valence-electron chi connectivity index (χ2n) is 2.54. The second kappa shape index (κ2) is 4.87. The van der Waals surface area contributed by atoms with Crippen molar-refractivity contribution in [2.45, 2.75) is 0 Å². The molecule has 0 atom stereocenters. The van der Waals surface area contributed by atoms with E-state index < -0.39 is 5.91 Å².